The summed E-state index contributed by atoms with van der Waals surface area (Å²) in [7, 11) is 0. The second-order valence-corrected chi connectivity index (χ2v) is 7.32. The molecule has 3 heterocycles. The number of aryl methyl sites for hydroxylation is 1. The lowest BCUT2D eigenvalue weighted by Crippen LogP contribution is -2.60. The Kier molecular flexibility index (Phi) is 5.20. The molecule has 1 amide bonds. The van der Waals surface area contributed by atoms with Gasteiger partial charge in [0.1, 0.15) is 12.2 Å². The summed E-state index contributed by atoms with van der Waals surface area (Å²) in [6, 6.07) is 13.9. The van der Waals surface area contributed by atoms with Crippen molar-refractivity contribution >= 4 is 11.6 Å². The molecule has 2 saturated heterocycles. The van der Waals surface area contributed by atoms with E-state index in [1.165, 1.54) is 0 Å². The van der Waals surface area contributed by atoms with Gasteiger partial charge in [0.2, 0.25) is 0 Å². The Labute approximate surface area is 159 Å². The molecule has 0 aliphatic carbocycles. The minimum atomic E-state index is -0.526. The van der Waals surface area contributed by atoms with Gasteiger partial charge in [-0.2, -0.15) is 0 Å². The number of anilines is 1. The van der Waals surface area contributed by atoms with Crippen molar-refractivity contribution in [1.82, 2.24) is 9.88 Å². The number of para-hydroxylation sites is 1. The van der Waals surface area contributed by atoms with Crippen LogP contribution >= 0.6 is 0 Å². The molecule has 6 heteroatoms. The molecule has 1 spiro atoms. The lowest BCUT2D eigenvalue weighted by molar-refractivity contribution is -0.146. The van der Waals surface area contributed by atoms with E-state index in [0.29, 0.717) is 26.3 Å². The van der Waals surface area contributed by atoms with E-state index in [0.717, 1.165) is 30.0 Å². The minimum absolute atomic E-state index is 0.00421. The van der Waals surface area contributed by atoms with Gasteiger partial charge in [0, 0.05) is 31.5 Å². The van der Waals surface area contributed by atoms with Crippen LogP contribution in [0.5, 0.6) is 0 Å². The summed E-state index contributed by atoms with van der Waals surface area (Å²) in [4.78, 5) is 21.2. The lowest BCUT2D eigenvalue weighted by atomic mass is 10.00. The van der Waals surface area contributed by atoms with Crippen LogP contribution in [-0.4, -0.2) is 60.8 Å². The standard InChI is InChI=1S/C21H25N3O3/c1-17-6-2-3-8-19(17)24-15-21(27-13-20(24)25)14-23(10-11-26-16-21)12-18-7-4-5-9-22-18/h2-9H,10-16H2,1H3. The van der Waals surface area contributed by atoms with Gasteiger partial charge in [0.25, 0.3) is 5.91 Å². The maximum absolute atomic E-state index is 12.6. The third kappa shape index (κ3) is 4.03. The first-order valence-corrected chi connectivity index (χ1v) is 9.35. The highest BCUT2D eigenvalue weighted by Crippen LogP contribution is 2.29. The highest BCUT2D eigenvalue weighted by molar-refractivity contribution is 5.95. The molecule has 6 nitrogen and oxygen atoms in total. The molecule has 0 saturated carbocycles. The van der Waals surface area contributed by atoms with E-state index < -0.39 is 5.60 Å². The van der Waals surface area contributed by atoms with E-state index in [9.17, 15) is 4.79 Å². The van der Waals surface area contributed by atoms with Crippen LogP contribution in [0.1, 0.15) is 11.3 Å². The normalized spacial score (nSPS) is 24.2. The van der Waals surface area contributed by atoms with Crippen LogP contribution in [0.25, 0.3) is 0 Å². The number of aromatic nitrogens is 1. The van der Waals surface area contributed by atoms with Crippen LogP contribution in [0, 0.1) is 6.92 Å². The summed E-state index contributed by atoms with van der Waals surface area (Å²) in [6.07, 6.45) is 1.81. The van der Waals surface area contributed by atoms with E-state index in [4.69, 9.17) is 9.47 Å². The fraction of sp³-hybridized carbons (Fsp3) is 0.429. The quantitative estimate of drug-likeness (QED) is 0.831. The molecule has 2 aromatic rings. The number of pyridine rings is 1. The molecule has 0 bridgehead atoms. The van der Waals surface area contributed by atoms with Crippen molar-refractivity contribution in [1.29, 1.82) is 0 Å². The molecular weight excluding hydrogens is 342 g/mol. The molecule has 1 atom stereocenters. The number of benzene rings is 1. The van der Waals surface area contributed by atoms with Crippen molar-refractivity contribution in [3.05, 3.63) is 59.9 Å². The third-order valence-corrected chi connectivity index (χ3v) is 5.20. The molecular formula is C21H25N3O3. The summed E-state index contributed by atoms with van der Waals surface area (Å²) < 4.78 is 12.0. The molecule has 1 unspecified atom stereocenters. The van der Waals surface area contributed by atoms with Gasteiger partial charge < -0.3 is 14.4 Å². The first-order chi connectivity index (χ1) is 13.2. The van der Waals surface area contributed by atoms with Crippen LogP contribution in [-0.2, 0) is 20.8 Å². The summed E-state index contributed by atoms with van der Waals surface area (Å²) in [5, 5.41) is 0. The topological polar surface area (TPSA) is 54.9 Å². The third-order valence-electron chi connectivity index (χ3n) is 5.20. The Morgan fingerprint density at radius 3 is 2.81 bits per heavy atom. The smallest absolute Gasteiger partial charge is 0.253 e. The monoisotopic (exact) mass is 367 g/mol. The highest BCUT2D eigenvalue weighted by Gasteiger charge is 2.43. The van der Waals surface area contributed by atoms with Gasteiger partial charge in [-0.15, -0.1) is 0 Å². The average Bonchev–Trinajstić information content (AvgIpc) is 2.87. The van der Waals surface area contributed by atoms with Crippen molar-refractivity contribution in [2.45, 2.75) is 19.1 Å². The number of rotatable bonds is 3. The van der Waals surface area contributed by atoms with Gasteiger partial charge in [0.05, 0.1) is 25.5 Å². The zero-order valence-corrected chi connectivity index (χ0v) is 15.6. The first-order valence-electron chi connectivity index (χ1n) is 9.35. The van der Waals surface area contributed by atoms with Crippen molar-refractivity contribution in [2.75, 3.05) is 44.4 Å². The largest absolute Gasteiger partial charge is 0.377 e. The van der Waals surface area contributed by atoms with Crippen molar-refractivity contribution in [3.63, 3.8) is 0 Å². The van der Waals surface area contributed by atoms with Crippen LogP contribution in [0.3, 0.4) is 0 Å². The summed E-state index contributed by atoms with van der Waals surface area (Å²) in [5.41, 5.74) is 2.53. The first kappa shape index (κ1) is 18.1. The maximum atomic E-state index is 12.6. The number of carbonyl (C=O) groups is 1. The molecule has 0 N–H and O–H groups in total. The van der Waals surface area contributed by atoms with Crippen molar-refractivity contribution in [2.24, 2.45) is 0 Å². The second kappa shape index (κ2) is 7.76. The predicted octanol–water partition coefficient (Wildman–Crippen LogP) is 2.02. The van der Waals surface area contributed by atoms with Crippen LogP contribution < -0.4 is 4.90 Å². The fourth-order valence-electron chi connectivity index (χ4n) is 3.82. The zero-order valence-electron chi connectivity index (χ0n) is 15.6. The van der Waals surface area contributed by atoms with Crippen LogP contribution in [0.4, 0.5) is 5.69 Å². The number of nitrogens with zero attached hydrogens (tertiary/aromatic N) is 3. The van der Waals surface area contributed by atoms with Gasteiger partial charge in [-0.3, -0.25) is 14.7 Å². The molecule has 4 rings (SSSR count). The number of carbonyl (C=O) groups excluding carboxylic acids is 1. The Hall–Kier alpha value is -2.28. The SMILES string of the molecule is Cc1ccccc1N1CC2(COCCN(Cc3ccccn3)C2)OCC1=O. The Bertz CT molecular complexity index is 798. The molecule has 2 aliphatic heterocycles. The van der Waals surface area contributed by atoms with E-state index in [1.807, 2.05) is 60.5 Å². The van der Waals surface area contributed by atoms with Gasteiger partial charge in [0.15, 0.2) is 0 Å². The molecule has 2 fully saturated rings. The summed E-state index contributed by atoms with van der Waals surface area (Å²) in [6.45, 7) is 6.01. The number of ether oxygens (including phenoxy) is 2. The van der Waals surface area contributed by atoms with E-state index in [1.54, 1.807) is 0 Å². The Balaban J connectivity index is 1.55. The minimum Gasteiger partial charge on any atom is -0.377 e. The van der Waals surface area contributed by atoms with E-state index in [-0.39, 0.29) is 12.5 Å². The highest BCUT2D eigenvalue weighted by atomic mass is 16.6. The lowest BCUT2D eigenvalue weighted by Gasteiger charge is -2.43. The molecule has 2 aliphatic rings. The van der Waals surface area contributed by atoms with Gasteiger partial charge in [-0.05, 0) is 30.7 Å². The van der Waals surface area contributed by atoms with Gasteiger partial charge in [-0.25, -0.2) is 0 Å². The number of amides is 1. The van der Waals surface area contributed by atoms with Crippen molar-refractivity contribution in [3.8, 4) is 0 Å². The zero-order chi connectivity index (χ0) is 18.7. The van der Waals surface area contributed by atoms with Gasteiger partial charge >= 0.3 is 0 Å². The van der Waals surface area contributed by atoms with E-state index in [2.05, 4.69) is 9.88 Å². The second-order valence-electron chi connectivity index (χ2n) is 7.32. The predicted molar refractivity (Wildman–Crippen MR) is 103 cm³/mol. The summed E-state index contributed by atoms with van der Waals surface area (Å²) >= 11 is 0. The number of hydrogen-bond donors (Lipinski definition) is 0. The molecule has 1 aromatic carbocycles. The number of morpholine rings is 1. The summed E-state index contributed by atoms with van der Waals surface area (Å²) in [5.74, 6) is -0.00421. The maximum Gasteiger partial charge on any atom is 0.253 e. The molecule has 142 valence electrons. The van der Waals surface area contributed by atoms with E-state index >= 15 is 0 Å². The van der Waals surface area contributed by atoms with Crippen LogP contribution in [0.15, 0.2) is 48.7 Å². The van der Waals surface area contributed by atoms with Crippen LogP contribution in [0.2, 0.25) is 0 Å². The fourth-order valence-corrected chi connectivity index (χ4v) is 3.82. The average molecular weight is 367 g/mol. The Morgan fingerprint density at radius 1 is 1.15 bits per heavy atom. The number of hydrogen-bond acceptors (Lipinski definition) is 5. The van der Waals surface area contributed by atoms with Gasteiger partial charge in [-0.1, -0.05) is 24.3 Å². The Morgan fingerprint density at radius 2 is 2.00 bits per heavy atom. The molecule has 27 heavy (non-hydrogen) atoms. The van der Waals surface area contributed by atoms with Crippen molar-refractivity contribution < 1.29 is 14.3 Å². The molecule has 1 aromatic heterocycles. The molecule has 0 radical (unpaired) electrons.